The highest BCUT2D eigenvalue weighted by Gasteiger charge is 2.32. The van der Waals surface area contributed by atoms with Crippen LogP contribution in [-0.2, 0) is 16.1 Å². The van der Waals surface area contributed by atoms with Crippen LogP contribution in [0.2, 0.25) is 0 Å². The van der Waals surface area contributed by atoms with Crippen LogP contribution in [0.4, 0.5) is 0 Å². The third kappa shape index (κ3) is 4.32. The predicted octanol–water partition coefficient (Wildman–Crippen LogP) is 1.91. The van der Waals surface area contributed by atoms with Crippen LogP contribution in [0.1, 0.15) is 43.2 Å². The van der Waals surface area contributed by atoms with Crippen molar-refractivity contribution in [3.63, 3.8) is 0 Å². The summed E-state index contributed by atoms with van der Waals surface area (Å²) in [7, 11) is 0. The molecule has 5 nitrogen and oxygen atoms in total. The molecule has 1 saturated heterocycles. The number of amides is 2. The Morgan fingerprint density at radius 3 is 2.65 bits per heavy atom. The van der Waals surface area contributed by atoms with Gasteiger partial charge in [0.1, 0.15) is 0 Å². The van der Waals surface area contributed by atoms with Crippen LogP contribution in [0.5, 0.6) is 0 Å². The molecule has 0 spiro atoms. The molecule has 1 aromatic rings. The number of likely N-dealkylation sites (tertiary alicyclic amines) is 1. The molecule has 2 aliphatic rings. The van der Waals surface area contributed by atoms with E-state index in [9.17, 15) is 9.59 Å². The van der Waals surface area contributed by atoms with Gasteiger partial charge in [0.25, 0.3) is 5.91 Å². The number of nitrogens with zero attached hydrogens (tertiary/aromatic N) is 1. The van der Waals surface area contributed by atoms with Crippen molar-refractivity contribution in [3.8, 4) is 0 Å². The summed E-state index contributed by atoms with van der Waals surface area (Å²) in [6.45, 7) is 3.77. The second kappa shape index (κ2) is 7.13. The van der Waals surface area contributed by atoms with Crippen LogP contribution in [0.15, 0.2) is 24.3 Å². The standard InChI is InChI=1S/C18H25N3O2/c1-13-5-4-6-14(11-13)12-21-10-3-2-7-16(21)18(23)20-19-17(22)15-8-9-15/h4-6,11,15-16H,2-3,7-10,12H2,1H3,(H,19,22)(H,20,23)/t16-/m1/s1. The molecule has 0 unspecified atom stereocenters. The van der Waals surface area contributed by atoms with E-state index < -0.39 is 0 Å². The Balaban J connectivity index is 1.58. The van der Waals surface area contributed by atoms with E-state index in [4.69, 9.17) is 0 Å². The van der Waals surface area contributed by atoms with Crippen LogP contribution in [0, 0.1) is 12.8 Å². The van der Waals surface area contributed by atoms with Gasteiger partial charge in [-0.05, 0) is 44.7 Å². The lowest BCUT2D eigenvalue weighted by Crippen LogP contribution is -2.53. The first-order chi connectivity index (χ1) is 11.1. The van der Waals surface area contributed by atoms with Crippen LogP contribution in [0.3, 0.4) is 0 Å². The average molecular weight is 315 g/mol. The Hall–Kier alpha value is -1.88. The van der Waals surface area contributed by atoms with Crippen LogP contribution in [-0.4, -0.2) is 29.3 Å². The van der Waals surface area contributed by atoms with E-state index >= 15 is 0 Å². The highest BCUT2D eigenvalue weighted by Crippen LogP contribution is 2.28. The second-order valence-corrected chi connectivity index (χ2v) is 6.72. The van der Waals surface area contributed by atoms with Gasteiger partial charge in [0, 0.05) is 12.5 Å². The van der Waals surface area contributed by atoms with Gasteiger partial charge in [0.15, 0.2) is 0 Å². The Kier molecular flexibility index (Phi) is 4.96. The smallest absolute Gasteiger partial charge is 0.255 e. The predicted molar refractivity (Wildman–Crippen MR) is 88.2 cm³/mol. The van der Waals surface area contributed by atoms with Crippen molar-refractivity contribution in [2.75, 3.05) is 6.54 Å². The first-order valence-electron chi connectivity index (χ1n) is 8.53. The fourth-order valence-electron chi connectivity index (χ4n) is 3.18. The van der Waals surface area contributed by atoms with Gasteiger partial charge in [0.2, 0.25) is 5.91 Å². The lowest BCUT2D eigenvalue weighted by atomic mass is 10.0. The molecular formula is C18H25N3O2. The number of hydrazine groups is 1. The molecule has 0 radical (unpaired) electrons. The lowest BCUT2D eigenvalue weighted by molar-refractivity contribution is -0.133. The number of rotatable bonds is 4. The van der Waals surface area contributed by atoms with E-state index in [0.29, 0.717) is 0 Å². The van der Waals surface area contributed by atoms with Crippen molar-refractivity contribution in [2.45, 2.75) is 51.6 Å². The first-order valence-corrected chi connectivity index (χ1v) is 8.53. The van der Waals surface area contributed by atoms with Crippen LogP contribution < -0.4 is 10.9 Å². The molecular weight excluding hydrogens is 290 g/mol. The molecule has 2 amide bonds. The Morgan fingerprint density at radius 2 is 1.91 bits per heavy atom. The zero-order chi connectivity index (χ0) is 16.2. The number of nitrogens with one attached hydrogen (secondary N) is 2. The fourth-order valence-corrected chi connectivity index (χ4v) is 3.18. The van der Waals surface area contributed by atoms with Gasteiger partial charge >= 0.3 is 0 Å². The summed E-state index contributed by atoms with van der Waals surface area (Å²) in [6.07, 6.45) is 4.88. The third-order valence-corrected chi connectivity index (χ3v) is 4.64. The molecule has 1 aliphatic carbocycles. The number of carbonyl (C=O) groups excluding carboxylic acids is 2. The molecule has 1 atom stereocenters. The molecule has 5 heteroatoms. The molecule has 0 aromatic heterocycles. The number of carbonyl (C=O) groups is 2. The SMILES string of the molecule is Cc1cccc(CN2CCCC[C@@H]2C(=O)NNC(=O)C2CC2)c1. The zero-order valence-corrected chi connectivity index (χ0v) is 13.7. The van der Waals surface area contributed by atoms with Crippen LogP contribution in [0.25, 0.3) is 0 Å². The zero-order valence-electron chi connectivity index (χ0n) is 13.7. The number of piperidine rings is 1. The molecule has 0 bridgehead atoms. The van der Waals surface area contributed by atoms with Gasteiger partial charge in [-0.3, -0.25) is 25.3 Å². The van der Waals surface area contributed by atoms with Gasteiger partial charge in [-0.2, -0.15) is 0 Å². The van der Waals surface area contributed by atoms with Gasteiger partial charge in [-0.1, -0.05) is 36.2 Å². The summed E-state index contributed by atoms with van der Waals surface area (Å²) in [5.41, 5.74) is 7.65. The van der Waals surface area contributed by atoms with Gasteiger partial charge in [-0.15, -0.1) is 0 Å². The minimum atomic E-state index is -0.163. The average Bonchev–Trinajstić information content (AvgIpc) is 3.38. The number of hydrogen-bond donors (Lipinski definition) is 2. The van der Waals surface area contributed by atoms with E-state index in [1.807, 2.05) is 0 Å². The maximum absolute atomic E-state index is 12.4. The summed E-state index contributed by atoms with van der Waals surface area (Å²) in [5, 5.41) is 0. The van der Waals surface area contributed by atoms with Gasteiger partial charge in [-0.25, -0.2) is 0 Å². The minimum Gasteiger partial charge on any atom is -0.288 e. The second-order valence-electron chi connectivity index (χ2n) is 6.72. The van der Waals surface area contributed by atoms with E-state index in [0.717, 1.165) is 45.2 Å². The van der Waals surface area contributed by atoms with Crippen molar-refractivity contribution in [1.82, 2.24) is 15.8 Å². The van der Waals surface area contributed by atoms with Crippen molar-refractivity contribution < 1.29 is 9.59 Å². The molecule has 3 rings (SSSR count). The number of benzene rings is 1. The summed E-state index contributed by atoms with van der Waals surface area (Å²) >= 11 is 0. The Bertz CT molecular complexity index is 583. The van der Waals surface area contributed by atoms with Crippen molar-refractivity contribution >= 4 is 11.8 Å². The molecule has 1 heterocycles. The maximum Gasteiger partial charge on any atom is 0.255 e. The largest absolute Gasteiger partial charge is 0.288 e. The van der Waals surface area contributed by atoms with Crippen LogP contribution >= 0.6 is 0 Å². The quantitative estimate of drug-likeness (QED) is 0.834. The summed E-state index contributed by atoms with van der Waals surface area (Å²) in [5.74, 6) is -0.0456. The van der Waals surface area contributed by atoms with E-state index in [2.05, 4.69) is 46.9 Å². The fraction of sp³-hybridized carbons (Fsp3) is 0.556. The third-order valence-electron chi connectivity index (χ3n) is 4.64. The Morgan fingerprint density at radius 1 is 1.13 bits per heavy atom. The normalized spacial score (nSPS) is 21.7. The molecule has 23 heavy (non-hydrogen) atoms. The molecule has 1 aromatic carbocycles. The first kappa shape index (κ1) is 16.0. The minimum absolute atomic E-state index is 0.0561. The summed E-state index contributed by atoms with van der Waals surface area (Å²) in [6, 6.07) is 8.24. The molecule has 1 saturated carbocycles. The molecule has 2 fully saturated rings. The topological polar surface area (TPSA) is 61.4 Å². The number of hydrogen-bond acceptors (Lipinski definition) is 3. The molecule has 2 N–H and O–H groups in total. The van der Waals surface area contributed by atoms with Crippen molar-refractivity contribution in [2.24, 2.45) is 5.92 Å². The lowest BCUT2D eigenvalue weighted by Gasteiger charge is -2.34. The van der Waals surface area contributed by atoms with Crippen molar-refractivity contribution in [1.29, 1.82) is 0 Å². The maximum atomic E-state index is 12.4. The highest BCUT2D eigenvalue weighted by atomic mass is 16.2. The van der Waals surface area contributed by atoms with E-state index in [1.54, 1.807) is 0 Å². The monoisotopic (exact) mass is 315 g/mol. The van der Waals surface area contributed by atoms with E-state index in [-0.39, 0.29) is 23.8 Å². The van der Waals surface area contributed by atoms with Gasteiger partial charge < -0.3 is 0 Å². The van der Waals surface area contributed by atoms with Gasteiger partial charge in [0.05, 0.1) is 6.04 Å². The van der Waals surface area contributed by atoms with E-state index in [1.165, 1.54) is 11.1 Å². The number of aryl methyl sites for hydroxylation is 1. The molecule has 124 valence electrons. The summed E-state index contributed by atoms with van der Waals surface area (Å²) < 4.78 is 0. The Labute approximate surface area is 137 Å². The van der Waals surface area contributed by atoms with Crippen molar-refractivity contribution in [3.05, 3.63) is 35.4 Å². The summed E-state index contributed by atoms with van der Waals surface area (Å²) in [4.78, 5) is 26.3. The highest BCUT2D eigenvalue weighted by molar-refractivity contribution is 5.86. The molecule has 1 aliphatic heterocycles.